The molecule has 2 saturated heterocycles. The van der Waals surface area contributed by atoms with Gasteiger partial charge >= 0.3 is 17.9 Å². The molecule has 0 unspecified atom stereocenters. The molecule has 6 fully saturated rings. The number of carbonyl (C=O) groups excluding carboxylic acids is 3. The molecule has 0 amide bonds. The SMILES string of the molecule is C/C=C(\C)C(=O)O[C@H]1[C@]2(C)C[C@]3(O)[C@@]1(O)[C@H]1O[C@@]4(C)O[C@@]5(CC[C@]6(C)C(=CC(=O)O[C@H]6c6ccoc6)[C@@]15O4)[C@]3(C)[C@H]2CC(=O)OC. The van der Waals surface area contributed by atoms with Crippen molar-refractivity contribution in [1.82, 2.24) is 0 Å². The summed E-state index contributed by atoms with van der Waals surface area (Å²) in [6.45, 7) is 10.5. The Balaban J connectivity index is 1.42. The van der Waals surface area contributed by atoms with Crippen LogP contribution in [-0.2, 0) is 42.8 Å². The minimum absolute atomic E-state index is 0.0186. The van der Waals surface area contributed by atoms with E-state index in [1.807, 2.05) is 20.8 Å². The number of carbonyl (C=O) groups is 3. The van der Waals surface area contributed by atoms with E-state index in [9.17, 15) is 24.6 Å². The average Bonchev–Trinajstić information content (AvgIpc) is 3.78. The summed E-state index contributed by atoms with van der Waals surface area (Å²) in [6, 6.07) is 1.74. The Morgan fingerprint density at radius 1 is 1.13 bits per heavy atom. The van der Waals surface area contributed by atoms with Crippen molar-refractivity contribution < 1.29 is 57.4 Å². The second-order valence-electron chi connectivity index (χ2n) is 15.1. The van der Waals surface area contributed by atoms with Gasteiger partial charge in [-0.3, -0.25) is 4.79 Å². The zero-order valence-corrected chi connectivity index (χ0v) is 27.0. The quantitative estimate of drug-likeness (QED) is 0.275. The predicted octanol–water partition coefficient (Wildman–Crippen LogP) is 3.16. The van der Waals surface area contributed by atoms with Crippen molar-refractivity contribution in [2.24, 2.45) is 22.2 Å². The van der Waals surface area contributed by atoms with Crippen molar-refractivity contribution in [3.8, 4) is 0 Å². The molecule has 0 radical (unpaired) electrons. The molecule has 2 N–H and O–H groups in total. The molecule has 46 heavy (non-hydrogen) atoms. The molecule has 12 nitrogen and oxygen atoms in total. The summed E-state index contributed by atoms with van der Waals surface area (Å²) >= 11 is 0. The smallest absolute Gasteiger partial charge is 0.333 e. The van der Waals surface area contributed by atoms with Crippen LogP contribution in [0.3, 0.4) is 0 Å². The summed E-state index contributed by atoms with van der Waals surface area (Å²) in [5, 5.41) is 26.5. The number of cyclic esters (lactones) is 1. The second-order valence-corrected chi connectivity index (χ2v) is 15.1. The van der Waals surface area contributed by atoms with E-state index in [1.165, 1.54) is 25.7 Å². The lowest BCUT2D eigenvalue weighted by Crippen LogP contribution is -2.92. The van der Waals surface area contributed by atoms with Gasteiger partial charge in [0.05, 0.1) is 19.6 Å². The zero-order chi connectivity index (χ0) is 33.1. The Kier molecular flexibility index (Phi) is 5.61. The summed E-state index contributed by atoms with van der Waals surface area (Å²) < 4.78 is 43.0. The van der Waals surface area contributed by atoms with Crippen LogP contribution >= 0.6 is 0 Å². The summed E-state index contributed by atoms with van der Waals surface area (Å²) in [6.07, 6.45) is 3.14. The molecule has 8 rings (SSSR count). The number of furan rings is 1. The number of rotatable bonds is 5. The van der Waals surface area contributed by atoms with Crippen molar-refractivity contribution in [3.63, 3.8) is 0 Å². The number of hydrogen-bond donors (Lipinski definition) is 2. The van der Waals surface area contributed by atoms with E-state index in [1.54, 1.807) is 32.9 Å². The molecule has 7 aliphatic rings. The molecule has 12 heteroatoms. The highest BCUT2D eigenvalue weighted by molar-refractivity contribution is 5.88. The van der Waals surface area contributed by atoms with E-state index in [2.05, 4.69) is 0 Å². The lowest BCUT2D eigenvalue weighted by Gasteiger charge is -2.75. The first-order chi connectivity index (χ1) is 21.5. The molecule has 3 aliphatic heterocycles. The van der Waals surface area contributed by atoms with Gasteiger partial charge in [-0.05, 0) is 50.7 Å². The van der Waals surface area contributed by atoms with E-state index >= 15 is 0 Å². The minimum Gasteiger partial charge on any atom is -0.472 e. The minimum atomic E-state index is -2.26. The van der Waals surface area contributed by atoms with Gasteiger partial charge in [-0.1, -0.05) is 26.8 Å². The molecular weight excluding hydrogens is 600 g/mol. The second kappa shape index (κ2) is 8.51. The van der Waals surface area contributed by atoms with E-state index in [0.717, 1.165) is 0 Å². The van der Waals surface area contributed by atoms with Crippen molar-refractivity contribution in [1.29, 1.82) is 0 Å². The topological polar surface area (TPSA) is 160 Å². The van der Waals surface area contributed by atoms with Gasteiger partial charge < -0.3 is 43.1 Å². The molecule has 12 atom stereocenters. The summed E-state index contributed by atoms with van der Waals surface area (Å²) in [5.41, 5.74) is -9.27. The third kappa shape index (κ3) is 2.83. The normalized spacial score (nSPS) is 52.5. The van der Waals surface area contributed by atoms with E-state index in [0.29, 0.717) is 29.6 Å². The van der Waals surface area contributed by atoms with Gasteiger partial charge in [-0.15, -0.1) is 0 Å². The van der Waals surface area contributed by atoms with E-state index < -0.39 is 86.8 Å². The maximum Gasteiger partial charge on any atom is 0.333 e. The monoisotopic (exact) mass is 640 g/mol. The highest BCUT2D eigenvalue weighted by Gasteiger charge is 3.01. The van der Waals surface area contributed by atoms with Crippen LogP contribution in [0.25, 0.3) is 0 Å². The highest BCUT2D eigenvalue weighted by atomic mass is 16.9. The average molecular weight is 641 g/mol. The molecule has 4 aliphatic carbocycles. The maximum absolute atomic E-state index is 13.5. The number of aliphatic hydroxyl groups is 2. The van der Waals surface area contributed by atoms with Crippen LogP contribution in [0.2, 0.25) is 0 Å². The standard InChI is InChI=1S/C34H40O12/c1-8-17(2)24(37)43-25-28(4)16-31(38)29(5,19(28)13-21(35)40-7)32-11-10-27(3)20(14-22(36)42-23(27)18-9-12-41-15-18)34(32)26(33(25,31)39)44-30(6,45-32)46-34/h8-9,12,14-15,19,23,25-26,38-39H,10-11,13,16H2,1-7H3/b17-8+/t19-,23-,25-,26+,27+,28+,29+,30-,31+,32-,33-,34+/m0/s1. The largest absolute Gasteiger partial charge is 0.472 e. The van der Waals surface area contributed by atoms with Crippen LogP contribution in [-0.4, -0.2) is 75.8 Å². The van der Waals surface area contributed by atoms with Gasteiger partial charge in [0.1, 0.15) is 29.5 Å². The predicted molar refractivity (Wildman–Crippen MR) is 154 cm³/mol. The number of hydrogen-bond acceptors (Lipinski definition) is 12. The molecule has 1 spiro atoms. The van der Waals surface area contributed by atoms with Gasteiger partial charge in [-0.25, -0.2) is 9.59 Å². The van der Waals surface area contributed by atoms with Gasteiger partial charge in [-0.2, -0.15) is 0 Å². The Morgan fingerprint density at radius 2 is 1.87 bits per heavy atom. The molecule has 4 heterocycles. The van der Waals surface area contributed by atoms with E-state index in [4.69, 9.17) is 32.8 Å². The fourth-order valence-electron chi connectivity index (χ4n) is 11.6. The van der Waals surface area contributed by atoms with Crippen molar-refractivity contribution in [2.75, 3.05) is 7.11 Å². The highest BCUT2D eigenvalue weighted by Crippen LogP contribution is 2.87. The van der Waals surface area contributed by atoms with Gasteiger partial charge in [0.15, 0.2) is 11.2 Å². The number of ether oxygens (including phenoxy) is 6. The molecule has 1 aromatic rings. The molecule has 1 aromatic heterocycles. The number of fused-ring (bicyclic) bond motifs is 4. The van der Waals surface area contributed by atoms with Crippen LogP contribution in [0.4, 0.5) is 0 Å². The Morgan fingerprint density at radius 3 is 2.52 bits per heavy atom. The van der Waals surface area contributed by atoms with Crippen LogP contribution in [0.1, 0.15) is 78.9 Å². The van der Waals surface area contributed by atoms with Crippen LogP contribution in [0, 0.1) is 22.2 Å². The third-order valence-electron chi connectivity index (χ3n) is 13.4. The fourth-order valence-corrected chi connectivity index (χ4v) is 11.6. The first-order valence-electron chi connectivity index (χ1n) is 15.9. The van der Waals surface area contributed by atoms with Crippen molar-refractivity contribution in [2.45, 2.75) is 114 Å². The fraction of sp³-hybridized carbons (Fsp3) is 0.676. The Hall–Kier alpha value is -3.03. The number of esters is 3. The molecule has 0 aromatic carbocycles. The molecule has 4 saturated carbocycles. The van der Waals surface area contributed by atoms with Crippen LogP contribution in [0.5, 0.6) is 0 Å². The maximum atomic E-state index is 13.5. The lowest BCUT2D eigenvalue weighted by molar-refractivity contribution is -0.443. The number of methoxy groups -OCH3 is 1. The molecular formula is C34H40O12. The molecule has 4 bridgehead atoms. The summed E-state index contributed by atoms with van der Waals surface area (Å²) in [7, 11) is 1.29. The zero-order valence-electron chi connectivity index (χ0n) is 27.0. The summed E-state index contributed by atoms with van der Waals surface area (Å²) in [5.74, 6) is -4.26. The van der Waals surface area contributed by atoms with Crippen molar-refractivity contribution in [3.05, 3.63) is 47.5 Å². The Labute approximate surface area is 266 Å². The van der Waals surface area contributed by atoms with Crippen molar-refractivity contribution >= 4 is 17.9 Å². The van der Waals surface area contributed by atoms with Crippen LogP contribution < -0.4 is 0 Å². The molecule has 248 valence electrons. The first-order valence-corrected chi connectivity index (χ1v) is 15.9. The van der Waals surface area contributed by atoms with Gasteiger partial charge in [0.25, 0.3) is 5.97 Å². The number of allylic oxidation sites excluding steroid dienone is 1. The summed E-state index contributed by atoms with van der Waals surface area (Å²) in [4.78, 5) is 40.1. The van der Waals surface area contributed by atoms with Gasteiger partial charge in [0, 0.05) is 46.8 Å². The van der Waals surface area contributed by atoms with Crippen LogP contribution in [0.15, 0.2) is 46.3 Å². The van der Waals surface area contributed by atoms with Gasteiger partial charge in [0.2, 0.25) is 0 Å². The lowest BCUT2D eigenvalue weighted by atomic mass is 9.35. The van der Waals surface area contributed by atoms with E-state index in [-0.39, 0.29) is 12.8 Å². The Bertz CT molecular complexity index is 1650. The first kappa shape index (κ1) is 30.3. The third-order valence-corrected chi connectivity index (χ3v) is 13.4.